The van der Waals surface area contributed by atoms with Crippen LogP contribution in [-0.4, -0.2) is 28.7 Å². The molecule has 0 N–H and O–H groups in total. The zero-order valence-electron chi connectivity index (χ0n) is 27.0. The molecule has 0 aliphatic carbocycles. The van der Waals surface area contributed by atoms with Crippen LogP contribution in [0.2, 0.25) is 0 Å². The number of rotatable bonds is 4. The van der Waals surface area contributed by atoms with Crippen LogP contribution < -0.4 is 19.5 Å². The Hall–Kier alpha value is -5.18. The minimum Gasteiger partial charge on any atom is -0.654 e. The second-order valence-corrected chi connectivity index (χ2v) is 11.7. The van der Waals surface area contributed by atoms with Gasteiger partial charge in [-0.05, 0) is 25.7 Å². The average Bonchev–Trinajstić information content (AvgIpc) is 3.91. The maximum absolute atomic E-state index is 5.82. The molecule has 0 aliphatic rings. The maximum Gasteiger partial charge on any atom is 2.00 e. The molecule has 0 spiro atoms. The van der Waals surface area contributed by atoms with E-state index in [9.17, 15) is 0 Å². The number of furan rings is 2. The Balaban J connectivity index is 0.000000151. The van der Waals surface area contributed by atoms with Crippen LogP contribution in [0.15, 0.2) is 95.2 Å². The molecule has 0 saturated carbocycles. The van der Waals surface area contributed by atoms with Crippen LogP contribution >= 0.6 is 0 Å². The third kappa shape index (κ3) is 5.30. The van der Waals surface area contributed by atoms with E-state index < -0.39 is 0 Å². The fraction of sp³-hybridized carbons (Fsp3) is 0.111. The molecule has 0 amide bonds. The molecule has 12 nitrogen and oxygen atoms in total. The van der Waals surface area contributed by atoms with E-state index in [-0.39, 0.29) is 42.1 Å². The summed E-state index contributed by atoms with van der Waals surface area (Å²) in [6.07, 6.45) is 20.3. The zero-order chi connectivity index (χ0) is 32.5. The van der Waals surface area contributed by atoms with E-state index in [4.69, 9.17) is 18.8 Å². The van der Waals surface area contributed by atoms with Crippen LogP contribution in [0.25, 0.3) is 89.3 Å². The standard InChI is InChI=1S/2C18H13N5O.2Pt/c2*1-22-8-14(20-10-22)13-9-24-17-11-4-3-5-12(15(11)21-16(13)17)18-19-6-7-23(18)2;;/h2*3-5,7-10H,1-2H3;;/q2*-2;;+2. The van der Waals surface area contributed by atoms with E-state index in [1.165, 1.54) is 0 Å². The summed E-state index contributed by atoms with van der Waals surface area (Å²) in [7, 11) is 7.78. The van der Waals surface area contributed by atoms with Gasteiger partial charge in [-0.15, -0.1) is 23.4 Å². The average molecular weight is 1020 g/mol. The summed E-state index contributed by atoms with van der Waals surface area (Å²) >= 11 is 0. The SMILES string of the molecule is Cn1cnc(-c2coc3c2[n-]c2c(-c4[n-][c-]c[n+]4C)cccc23)c1.Cn1cnc(-c2coc3c2[n-]c2c(-c4n[c-]cn4C)cccc23)c1.[Pt+2].[Pt]. The Bertz CT molecular complexity index is 2570. The second-order valence-electron chi connectivity index (χ2n) is 11.7. The normalized spacial score (nSPS) is 11.3. The Labute approximate surface area is 313 Å². The quantitative estimate of drug-likeness (QED) is 0.171. The number of imidazole rings is 4. The third-order valence-corrected chi connectivity index (χ3v) is 8.49. The number of fused-ring (bicyclic) bond motifs is 6. The molecule has 10 rings (SSSR count). The summed E-state index contributed by atoms with van der Waals surface area (Å²) in [6.45, 7) is 0. The van der Waals surface area contributed by atoms with Crippen molar-refractivity contribution in [2.24, 2.45) is 28.2 Å². The van der Waals surface area contributed by atoms with Crippen LogP contribution in [0, 0.1) is 12.4 Å². The number of benzene rings is 2. The molecule has 14 heteroatoms. The van der Waals surface area contributed by atoms with E-state index in [0.717, 1.165) is 89.3 Å². The van der Waals surface area contributed by atoms with Crippen molar-refractivity contribution >= 4 is 44.0 Å². The second kappa shape index (κ2) is 12.9. The first-order valence-electron chi connectivity index (χ1n) is 15.1. The monoisotopic (exact) mass is 1020 g/mol. The number of aryl methyl sites for hydroxylation is 4. The van der Waals surface area contributed by atoms with Gasteiger partial charge in [0.2, 0.25) is 0 Å². The van der Waals surface area contributed by atoms with E-state index in [1.807, 2.05) is 95.3 Å². The minimum atomic E-state index is 0. The van der Waals surface area contributed by atoms with Gasteiger partial charge in [-0.1, -0.05) is 71.0 Å². The molecule has 50 heavy (non-hydrogen) atoms. The summed E-state index contributed by atoms with van der Waals surface area (Å²) < 4.78 is 19.3. The van der Waals surface area contributed by atoms with Crippen LogP contribution in [0.4, 0.5) is 0 Å². The molecule has 0 atom stereocenters. The topological polar surface area (TPSA) is 126 Å². The first kappa shape index (κ1) is 33.3. The molecule has 0 radical (unpaired) electrons. The molecule has 0 aliphatic heterocycles. The van der Waals surface area contributed by atoms with Gasteiger partial charge in [0.15, 0.2) is 0 Å². The fourth-order valence-corrected chi connectivity index (χ4v) is 6.19. The van der Waals surface area contributed by atoms with Crippen molar-refractivity contribution in [3.8, 4) is 45.3 Å². The van der Waals surface area contributed by atoms with Crippen molar-refractivity contribution < 1.29 is 55.5 Å². The third-order valence-electron chi connectivity index (χ3n) is 8.49. The predicted molar refractivity (Wildman–Crippen MR) is 178 cm³/mol. The Morgan fingerprint density at radius 1 is 0.740 bits per heavy atom. The molecule has 2 aromatic carbocycles. The summed E-state index contributed by atoms with van der Waals surface area (Å²) in [5, 5.41) is 1.96. The predicted octanol–water partition coefficient (Wildman–Crippen LogP) is 5.33. The van der Waals surface area contributed by atoms with Crippen LogP contribution in [0.5, 0.6) is 0 Å². The van der Waals surface area contributed by atoms with Crippen LogP contribution in [0.1, 0.15) is 0 Å². The van der Waals surface area contributed by atoms with Gasteiger partial charge in [0.1, 0.15) is 11.2 Å². The van der Waals surface area contributed by atoms with E-state index in [0.29, 0.717) is 0 Å². The zero-order valence-corrected chi connectivity index (χ0v) is 31.5. The van der Waals surface area contributed by atoms with Crippen molar-refractivity contribution in [1.29, 1.82) is 0 Å². The molecular formula is C36H26N10O2Pt2-2. The largest absolute Gasteiger partial charge is 2.00 e. The molecule has 8 heterocycles. The summed E-state index contributed by atoms with van der Waals surface area (Å²) in [6, 6.07) is 12.1. The summed E-state index contributed by atoms with van der Waals surface area (Å²) in [5.41, 5.74) is 10.4. The van der Waals surface area contributed by atoms with Gasteiger partial charge in [0, 0.05) is 69.5 Å². The number of para-hydroxylation sites is 2. The number of aromatic nitrogens is 10. The van der Waals surface area contributed by atoms with Gasteiger partial charge in [-0.3, -0.25) is 0 Å². The molecule has 0 saturated heterocycles. The number of hydrogen-bond acceptors (Lipinski definition) is 5. The van der Waals surface area contributed by atoms with E-state index in [2.05, 4.69) is 32.3 Å². The summed E-state index contributed by atoms with van der Waals surface area (Å²) in [4.78, 5) is 27.2. The van der Waals surface area contributed by atoms with Crippen LogP contribution in [0.3, 0.4) is 0 Å². The molecule has 8 aromatic heterocycles. The van der Waals surface area contributed by atoms with Gasteiger partial charge < -0.3 is 47.0 Å². The summed E-state index contributed by atoms with van der Waals surface area (Å²) in [5.74, 6) is 1.67. The molecule has 0 fully saturated rings. The van der Waals surface area contributed by atoms with Crippen LogP contribution in [-0.2, 0) is 70.3 Å². The first-order chi connectivity index (χ1) is 23.4. The van der Waals surface area contributed by atoms with Gasteiger partial charge in [-0.2, -0.15) is 0 Å². The Kier molecular flexibility index (Phi) is 8.62. The molecule has 10 aromatic rings. The first-order valence-corrected chi connectivity index (χ1v) is 15.1. The number of nitrogens with zero attached hydrogens (tertiary/aromatic N) is 10. The maximum atomic E-state index is 5.82. The van der Waals surface area contributed by atoms with Crippen molar-refractivity contribution in [1.82, 2.24) is 43.6 Å². The Morgan fingerprint density at radius 3 is 1.78 bits per heavy atom. The fourth-order valence-electron chi connectivity index (χ4n) is 6.19. The van der Waals surface area contributed by atoms with Gasteiger partial charge in [0.05, 0.1) is 36.6 Å². The van der Waals surface area contributed by atoms with Crippen molar-refractivity contribution in [3.63, 3.8) is 0 Å². The Morgan fingerprint density at radius 2 is 1.30 bits per heavy atom. The molecule has 0 bridgehead atoms. The van der Waals surface area contributed by atoms with Gasteiger partial charge in [0.25, 0.3) is 0 Å². The molecule has 254 valence electrons. The molecule has 0 unspecified atom stereocenters. The number of hydrogen-bond donors (Lipinski definition) is 0. The van der Waals surface area contributed by atoms with Crippen molar-refractivity contribution in [2.45, 2.75) is 0 Å². The smallest absolute Gasteiger partial charge is 0.654 e. The minimum absolute atomic E-state index is 0. The molecular weight excluding hydrogens is 995 g/mol. The van der Waals surface area contributed by atoms with Gasteiger partial charge >= 0.3 is 21.1 Å². The van der Waals surface area contributed by atoms with E-state index >= 15 is 0 Å². The van der Waals surface area contributed by atoms with E-state index in [1.54, 1.807) is 37.6 Å². The van der Waals surface area contributed by atoms with Crippen molar-refractivity contribution in [2.75, 3.05) is 0 Å². The van der Waals surface area contributed by atoms with Gasteiger partial charge in [-0.25, -0.2) is 9.97 Å². The van der Waals surface area contributed by atoms with Crippen molar-refractivity contribution in [3.05, 3.63) is 98.8 Å².